The van der Waals surface area contributed by atoms with Crippen LogP contribution >= 0.6 is 23.2 Å². The van der Waals surface area contributed by atoms with Gasteiger partial charge in [0.25, 0.3) is 5.91 Å². The van der Waals surface area contributed by atoms with Crippen LogP contribution in [0.2, 0.25) is 10.0 Å². The van der Waals surface area contributed by atoms with Crippen LogP contribution in [0.3, 0.4) is 0 Å². The number of benzene rings is 1. The minimum Gasteiger partial charge on any atom is -0.479 e. The van der Waals surface area contributed by atoms with Crippen molar-refractivity contribution in [1.82, 2.24) is 10.4 Å². The van der Waals surface area contributed by atoms with Crippen molar-refractivity contribution >= 4 is 35.3 Å². The highest BCUT2D eigenvalue weighted by Gasteiger charge is 2.15. The Bertz CT molecular complexity index is 678. The van der Waals surface area contributed by atoms with Crippen molar-refractivity contribution in [2.24, 2.45) is 5.10 Å². The maximum atomic E-state index is 11.9. The Hall–Kier alpha value is -2.11. The number of ether oxygens (including phenoxy) is 1. The second kappa shape index (κ2) is 7.77. The summed E-state index contributed by atoms with van der Waals surface area (Å²) in [5, 5.41) is 4.68. The molecule has 0 saturated heterocycles. The van der Waals surface area contributed by atoms with Crippen LogP contribution in [-0.4, -0.2) is 23.2 Å². The fourth-order valence-electron chi connectivity index (χ4n) is 1.53. The van der Waals surface area contributed by atoms with Crippen LogP contribution in [0.1, 0.15) is 12.5 Å². The summed E-state index contributed by atoms with van der Waals surface area (Å²) < 4.78 is 5.48. The first-order valence-corrected chi connectivity index (χ1v) is 7.16. The number of hydrogen-bond acceptors (Lipinski definition) is 4. The summed E-state index contributed by atoms with van der Waals surface area (Å²) in [6, 6.07) is 8.37. The highest BCUT2D eigenvalue weighted by molar-refractivity contribution is 6.35. The molecule has 0 saturated carbocycles. The number of aromatic nitrogens is 1. The zero-order chi connectivity index (χ0) is 15.9. The zero-order valence-corrected chi connectivity index (χ0v) is 13.2. The summed E-state index contributed by atoms with van der Waals surface area (Å²) in [7, 11) is 0. The number of carbonyl (C=O) groups excluding carboxylic acids is 1. The smallest absolute Gasteiger partial charge is 0.280 e. The van der Waals surface area contributed by atoms with Crippen molar-refractivity contribution in [3.8, 4) is 5.75 Å². The van der Waals surface area contributed by atoms with Gasteiger partial charge >= 0.3 is 0 Å². The third-order valence-corrected chi connectivity index (χ3v) is 3.17. The van der Waals surface area contributed by atoms with Crippen LogP contribution in [0.4, 0.5) is 0 Å². The van der Waals surface area contributed by atoms with E-state index < -0.39 is 12.0 Å². The van der Waals surface area contributed by atoms with E-state index in [4.69, 9.17) is 27.9 Å². The van der Waals surface area contributed by atoms with Gasteiger partial charge in [0.05, 0.1) is 11.2 Å². The number of carbonyl (C=O) groups is 1. The Morgan fingerprint density at radius 2 is 2.23 bits per heavy atom. The van der Waals surface area contributed by atoms with E-state index in [0.29, 0.717) is 15.8 Å². The van der Waals surface area contributed by atoms with Crippen LogP contribution < -0.4 is 10.2 Å². The Labute approximate surface area is 137 Å². The lowest BCUT2D eigenvalue weighted by Crippen LogP contribution is -2.33. The SMILES string of the molecule is CC(Oc1ccc(Cl)cc1Cl)C(=O)NN=Cc1cccnc1. The number of nitrogens with one attached hydrogen (secondary N) is 1. The third kappa shape index (κ3) is 4.72. The molecular formula is C15H13Cl2N3O2. The normalized spacial score (nSPS) is 12.1. The number of nitrogens with zero attached hydrogens (tertiary/aromatic N) is 2. The maximum absolute atomic E-state index is 11.9. The molecule has 1 heterocycles. The number of hydrazone groups is 1. The van der Waals surface area contributed by atoms with Gasteiger partial charge < -0.3 is 4.74 Å². The van der Waals surface area contributed by atoms with E-state index in [1.165, 1.54) is 6.21 Å². The minimum atomic E-state index is -0.760. The van der Waals surface area contributed by atoms with Crippen LogP contribution in [0.5, 0.6) is 5.75 Å². The van der Waals surface area contributed by atoms with E-state index in [2.05, 4.69) is 15.5 Å². The second-order valence-corrected chi connectivity index (χ2v) is 5.20. The molecule has 0 bridgehead atoms. The summed E-state index contributed by atoms with van der Waals surface area (Å²) in [5.41, 5.74) is 3.17. The lowest BCUT2D eigenvalue weighted by molar-refractivity contribution is -0.127. The van der Waals surface area contributed by atoms with Gasteiger partial charge in [-0.15, -0.1) is 0 Å². The highest BCUT2D eigenvalue weighted by atomic mass is 35.5. The summed E-state index contributed by atoms with van der Waals surface area (Å²) in [6.07, 6.45) is 4.02. The summed E-state index contributed by atoms with van der Waals surface area (Å²) in [4.78, 5) is 15.8. The van der Waals surface area contributed by atoms with Crippen molar-refractivity contribution in [1.29, 1.82) is 0 Å². The Morgan fingerprint density at radius 3 is 2.91 bits per heavy atom. The van der Waals surface area contributed by atoms with Crippen molar-refractivity contribution in [2.75, 3.05) is 0 Å². The molecule has 22 heavy (non-hydrogen) atoms. The largest absolute Gasteiger partial charge is 0.479 e. The van der Waals surface area contributed by atoms with E-state index in [-0.39, 0.29) is 0 Å². The molecule has 2 rings (SSSR count). The molecule has 7 heteroatoms. The Morgan fingerprint density at radius 1 is 1.41 bits per heavy atom. The van der Waals surface area contributed by atoms with Gasteiger partial charge in [0, 0.05) is 23.0 Å². The van der Waals surface area contributed by atoms with E-state index >= 15 is 0 Å². The van der Waals surface area contributed by atoms with Gasteiger partial charge in [-0.3, -0.25) is 9.78 Å². The summed E-state index contributed by atoms with van der Waals surface area (Å²) in [5.74, 6) is -0.0175. The molecule has 1 aromatic carbocycles. The first-order valence-electron chi connectivity index (χ1n) is 6.41. The standard InChI is InChI=1S/C15H13Cl2N3O2/c1-10(22-14-5-4-12(16)7-13(14)17)15(21)20-19-9-11-3-2-6-18-8-11/h2-10H,1H3,(H,20,21). The summed E-state index contributed by atoms with van der Waals surface area (Å²) in [6.45, 7) is 1.60. The van der Waals surface area contributed by atoms with Gasteiger partial charge in [-0.1, -0.05) is 29.3 Å². The van der Waals surface area contributed by atoms with Crippen LogP contribution in [0.25, 0.3) is 0 Å². The fourth-order valence-corrected chi connectivity index (χ4v) is 1.98. The number of halogens is 2. The molecule has 1 atom stereocenters. The molecule has 0 aliphatic rings. The molecule has 0 spiro atoms. The van der Waals surface area contributed by atoms with E-state index in [1.54, 1.807) is 43.6 Å². The average molecular weight is 338 g/mol. The van der Waals surface area contributed by atoms with Crippen molar-refractivity contribution in [3.05, 3.63) is 58.3 Å². The first-order chi connectivity index (χ1) is 10.6. The molecule has 2 aromatic rings. The number of rotatable bonds is 5. The van der Waals surface area contributed by atoms with Crippen molar-refractivity contribution in [3.63, 3.8) is 0 Å². The molecule has 0 aliphatic carbocycles. The maximum Gasteiger partial charge on any atom is 0.280 e. The molecule has 1 amide bonds. The molecule has 0 aliphatic heterocycles. The quantitative estimate of drug-likeness (QED) is 0.672. The minimum absolute atomic E-state index is 0.339. The van der Waals surface area contributed by atoms with E-state index in [0.717, 1.165) is 5.56 Å². The number of amides is 1. The van der Waals surface area contributed by atoms with Crippen LogP contribution in [0, 0.1) is 0 Å². The predicted molar refractivity (Wildman–Crippen MR) is 86.5 cm³/mol. The zero-order valence-electron chi connectivity index (χ0n) is 11.7. The third-order valence-electron chi connectivity index (χ3n) is 2.64. The van der Waals surface area contributed by atoms with Gasteiger partial charge in [-0.2, -0.15) is 5.10 Å². The highest BCUT2D eigenvalue weighted by Crippen LogP contribution is 2.28. The second-order valence-electron chi connectivity index (χ2n) is 4.36. The molecule has 1 aromatic heterocycles. The van der Waals surface area contributed by atoms with Crippen molar-refractivity contribution < 1.29 is 9.53 Å². The van der Waals surface area contributed by atoms with Gasteiger partial charge in [-0.05, 0) is 31.2 Å². The lowest BCUT2D eigenvalue weighted by atomic mass is 10.3. The van der Waals surface area contributed by atoms with Crippen molar-refractivity contribution in [2.45, 2.75) is 13.0 Å². The monoisotopic (exact) mass is 337 g/mol. The van der Waals surface area contributed by atoms with Crippen LogP contribution in [-0.2, 0) is 4.79 Å². The van der Waals surface area contributed by atoms with E-state index in [9.17, 15) is 4.79 Å². The number of pyridine rings is 1. The molecule has 114 valence electrons. The summed E-state index contributed by atoms with van der Waals surface area (Å²) >= 11 is 11.8. The van der Waals surface area contributed by atoms with Gasteiger partial charge in [0.2, 0.25) is 0 Å². The van der Waals surface area contributed by atoms with Gasteiger partial charge in [0.15, 0.2) is 6.10 Å². The Balaban J connectivity index is 1.91. The van der Waals surface area contributed by atoms with Gasteiger partial charge in [0.1, 0.15) is 5.75 Å². The molecule has 5 nitrogen and oxygen atoms in total. The molecule has 0 fully saturated rings. The van der Waals surface area contributed by atoms with E-state index in [1.807, 2.05) is 6.07 Å². The Kier molecular flexibility index (Phi) is 5.75. The first kappa shape index (κ1) is 16.3. The lowest BCUT2D eigenvalue weighted by Gasteiger charge is -2.14. The topological polar surface area (TPSA) is 63.6 Å². The fraction of sp³-hybridized carbons (Fsp3) is 0.133. The number of hydrogen-bond donors (Lipinski definition) is 1. The predicted octanol–water partition coefficient (Wildman–Crippen LogP) is 3.31. The average Bonchev–Trinajstić information content (AvgIpc) is 2.51. The van der Waals surface area contributed by atoms with Crippen LogP contribution in [0.15, 0.2) is 47.8 Å². The van der Waals surface area contributed by atoms with Gasteiger partial charge in [-0.25, -0.2) is 5.43 Å². The molecule has 0 radical (unpaired) electrons. The molecule has 1 N–H and O–H groups in total. The molecular weight excluding hydrogens is 325 g/mol. The molecule has 1 unspecified atom stereocenters.